The number of carbonyl (C=O) groups is 2. The van der Waals surface area contributed by atoms with Crippen molar-refractivity contribution in [3.05, 3.63) is 124 Å². The average Bonchev–Trinajstić information content (AvgIpc) is 3.02. The van der Waals surface area contributed by atoms with Crippen LogP contribution in [0.3, 0.4) is 0 Å². The second-order valence-electron chi connectivity index (χ2n) is 10.7. The maximum Gasteiger partial charge on any atom is 0.409 e. The van der Waals surface area contributed by atoms with Gasteiger partial charge in [-0.25, -0.2) is 4.79 Å². The highest BCUT2D eigenvalue weighted by Gasteiger charge is 2.14. The zero-order valence-electron chi connectivity index (χ0n) is 25.2. The number of nitrogens with one attached hydrogen (secondary N) is 4. The molecule has 0 saturated carbocycles. The third-order valence-electron chi connectivity index (χ3n) is 7.45. The molecular weight excluding hydrogens is 610 g/mol. The molecule has 0 radical (unpaired) electrons. The van der Waals surface area contributed by atoms with Crippen LogP contribution in [0.4, 0.5) is 25.6 Å². The Bertz CT molecular complexity index is 1870. The molecular formula is C35H36F2N4O6. The third-order valence-corrected chi connectivity index (χ3v) is 7.45. The zero-order valence-corrected chi connectivity index (χ0v) is 25.2. The fraction of sp³-hybridized carbons (Fsp3) is 0.171. The summed E-state index contributed by atoms with van der Waals surface area (Å²) in [5.41, 5.74) is 5.32. The van der Waals surface area contributed by atoms with E-state index >= 15 is 0 Å². The van der Waals surface area contributed by atoms with E-state index in [1.165, 1.54) is 12.1 Å². The van der Waals surface area contributed by atoms with Gasteiger partial charge in [-0.2, -0.15) is 0 Å². The number of hydrogen-bond donors (Lipinski definition) is 7. The first kappa shape index (κ1) is 35.9. The molecule has 10 nitrogen and oxygen atoms in total. The molecule has 0 saturated heterocycles. The van der Waals surface area contributed by atoms with Crippen molar-refractivity contribution in [2.45, 2.75) is 31.9 Å². The molecule has 1 heterocycles. The summed E-state index contributed by atoms with van der Waals surface area (Å²) in [5, 5.41) is 39.3. The first-order valence-electron chi connectivity index (χ1n) is 14.6. The third kappa shape index (κ3) is 9.45. The molecule has 5 aromatic rings. The van der Waals surface area contributed by atoms with Crippen LogP contribution in [-0.2, 0) is 17.8 Å². The standard InChI is InChI=1S/C35H34N4O6.2FH/c40-30-17-15-27(28-16-18-33(43)39-34(28)30)31(41)21-36-20-23-9-12-25(13-10-23)37-32(42)8-4-5-22-11-14-26(24-6-2-1-3-7-24)29(19-22)38-35(44)45;;/h1-3,6-7,9-19,31,36,38,40-41H,4-5,8,20-21H2,(H,37,42)(H,39,43)(H,44,45);2*1H/t31-;;/m1../s1. The van der Waals surface area contributed by atoms with E-state index in [1.54, 1.807) is 12.1 Å². The normalized spacial score (nSPS) is 11.2. The number of rotatable bonds is 12. The minimum absolute atomic E-state index is 0. The van der Waals surface area contributed by atoms with Crippen molar-refractivity contribution >= 4 is 34.3 Å². The van der Waals surface area contributed by atoms with E-state index in [9.17, 15) is 29.7 Å². The lowest BCUT2D eigenvalue weighted by molar-refractivity contribution is -0.116. The number of aromatic hydroxyl groups is 1. The van der Waals surface area contributed by atoms with Gasteiger partial charge in [-0.05, 0) is 65.4 Å². The molecule has 0 spiro atoms. The van der Waals surface area contributed by atoms with Crippen LogP contribution in [0.2, 0.25) is 0 Å². The molecule has 0 aliphatic heterocycles. The van der Waals surface area contributed by atoms with Crippen molar-refractivity contribution in [3.8, 4) is 16.9 Å². The van der Waals surface area contributed by atoms with Crippen LogP contribution in [0, 0.1) is 0 Å². The molecule has 5 rings (SSSR count). The highest BCUT2D eigenvalue weighted by molar-refractivity contribution is 5.91. The minimum atomic E-state index is -1.13. The van der Waals surface area contributed by atoms with E-state index in [2.05, 4.69) is 20.9 Å². The second kappa shape index (κ2) is 16.6. The Labute approximate surface area is 268 Å². The van der Waals surface area contributed by atoms with Crippen molar-refractivity contribution < 1.29 is 34.3 Å². The highest BCUT2D eigenvalue weighted by atomic mass is 19.0. The Morgan fingerprint density at radius 3 is 2.28 bits per heavy atom. The predicted molar refractivity (Wildman–Crippen MR) is 179 cm³/mol. The Morgan fingerprint density at radius 2 is 1.55 bits per heavy atom. The molecule has 0 aliphatic carbocycles. The lowest BCUT2D eigenvalue weighted by Gasteiger charge is -2.15. The Kier molecular flexibility index (Phi) is 12.7. The van der Waals surface area contributed by atoms with Crippen LogP contribution in [0.5, 0.6) is 5.75 Å². The van der Waals surface area contributed by atoms with E-state index in [4.69, 9.17) is 0 Å². The number of aromatic nitrogens is 1. The molecule has 7 N–H and O–H groups in total. The Balaban J connectivity index is 0.00000300. The number of carboxylic acid groups (broad SMARTS) is 1. The van der Waals surface area contributed by atoms with E-state index < -0.39 is 12.2 Å². The number of carbonyl (C=O) groups excluding carboxylic acids is 1. The number of aliphatic hydroxyl groups is 1. The van der Waals surface area contributed by atoms with Gasteiger partial charge in [0.25, 0.3) is 0 Å². The zero-order chi connectivity index (χ0) is 31.8. The van der Waals surface area contributed by atoms with Crippen LogP contribution in [0.25, 0.3) is 22.0 Å². The van der Waals surface area contributed by atoms with Crippen LogP contribution < -0.4 is 21.5 Å². The summed E-state index contributed by atoms with van der Waals surface area (Å²) >= 11 is 0. The molecule has 0 bridgehead atoms. The van der Waals surface area contributed by atoms with Gasteiger partial charge < -0.3 is 30.9 Å². The first-order valence-corrected chi connectivity index (χ1v) is 14.6. The number of phenolic OH excluding ortho intramolecular Hbond substituents is 1. The van der Waals surface area contributed by atoms with Crippen LogP contribution in [-0.4, -0.2) is 38.8 Å². The van der Waals surface area contributed by atoms with Gasteiger partial charge in [0.05, 0.1) is 17.3 Å². The first-order chi connectivity index (χ1) is 21.8. The van der Waals surface area contributed by atoms with Gasteiger partial charge in [0.1, 0.15) is 5.75 Å². The van der Waals surface area contributed by atoms with Gasteiger partial charge in [0.2, 0.25) is 11.5 Å². The molecule has 1 atom stereocenters. The topological polar surface area (TPSA) is 164 Å². The van der Waals surface area contributed by atoms with Crippen molar-refractivity contribution in [1.29, 1.82) is 0 Å². The number of H-pyrrole nitrogens is 1. The summed E-state index contributed by atoms with van der Waals surface area (Å²) in [7, 11) is 0. The van der Waals surface area contributed by atoms with Crippen LogP contribution >= 0.6 is 0 Å². The second-order valence-corrected chi connectivity index (χ2v) is 10.7. The number of phenols is 1. The number of hydrogen-bond acceptors (Lipinski definition) is 6. The maximum atomic E-state index is 12.6. The van der Waals surface area contributed by atoms with Crippen molar-refractivity contribution in [2.75, 3.05) is 17.2 Å². The number of anilines is 2. The van der Waals surface area contributed by atoms with E-state index in [1.807, 2.05) is 72.8 Å². The Morgan fingerprint density at radius 1 is 0.830 bits per heavy atom. The average molecular weight is 647 g/mol. The van der Waals surface area contributed by atoms with Gasteiger partial charge in [-0.15, -0.1) is 0 Å². The number of aryl methyl sites for hydroxylation is 1. The summed E-state index contributed by atoms with van der Waals surface area (Å²) in [5.74, 6) is -0.173. The summed E-state index contributed by atoms with van der Waals surface area (Å²) in [6.45, 7) is 0.736. The number of aromatic amines is 1. The van der Waals surface area contributed by atoms with Gasteiger partial charge in [0, 0.05) is 42.2 Å². The van der Waals surface area contributed by atoms with Crippen molar-refractivity contribution in [1.82, 2.24) is 10.3 Å². The van der Waals surface area contributed by atoms with Gasteiger partial charge in [-0.3, -0.25) is 24.3 Å². The lowest BCUT2D eigenvalue weighted by Crippen LogP contribution is -2.21. The Hall–Kier alpha value is -5.59. The van der Waals surface area contributed by atoms with Gasteiger partial charge >= 0.3 is 6.09 Å². The molecule has 47 heavy (non-hydrogen) atoms. The van der Waals surface area contributed by atoms with E-state index in [0.717, 1.165) is 22.3 Å². The molecule has 246 valence electrons. The van der Waals surface area contributed by atoms with Gasteiger partial charge in [-0.1, -0.05) is 60.7 Å². The number of amides is 2. The number of fused-ring (bicyclic) bond motifs is 1. The van der Waals surface area contributed by atoms with E-state index in [-0.39, 0.29) is 38.7 Å². The van der Waals surface area contributed by atoms with Crippen LogP contribution in [0.15, 0.2) is 102 Å². The molecule has 1 aromatic heterocycles. The molecule has 0 fully saturated rings. The number of aliphatic hydroxyl groups excluding tert-OH is 1. The SMILES string of the molecule is F.F.O=C(O)Nc1cc(CCCC(=O)Nc2ccc(CNC[C@@H](O)c3ccc(O)c4[nH]c(=O)ccc34)cc2)ccc1-c1ccccc1. The molecule has 12 heteroatoms. The monoisotopic (exact) mass is 646 g/mol. The fourth-order valence-corrected chi connectivity index (χ4v) is 5.23. The van der Waals surface area contributed by atoms with Crippen LogP contribution in [0.1, 0.15) is 35.6 Å². The minimum Gasteiger partial charge on any atom is -0.506 e. The largest absolute Gasteiger partial charge is 0.506 e. The maximum absolute atomic E-state index is 12.6. The number of pyridine rings is 1. The van der Waals surface area contributed by atoms with Crippen molar-refractivity contribution in [2.24, 2.45) is 0 Å². The van der Waals surface area contributed by atoms with E-state index in [0.29, 0.717) is 48.1 Å². The molecule has 2 amide bonds. The smallest absolute Gasteiger partial charge is 0.409 e. The van der Waals surface area contributed by atoms with Crippen molar-refractivity contribution in [3.63, 3.8) is 0 Å². The van der Waals surface area contributed by atoms with Gasteiger partial charge in [0.15, 0.2) is 0 Å². The quantitative estimate of drug-likeness (QED) is 0.0864. The highest BCUT2D eigenvalue weighted by Crippen LogP contribution is 2.30. The summed E-state index contributed by atoms with van der Waals surface area (Å²) in [4.78, 5) is 38.2. The number of benzene rings is 4. The lowest BCUT2D eigenvalue weighted by atomic mass is 9.99. The predicted octanol–water partition coefficient (Wildman–Crippen LogP) is 6.08. The number of halogens is 2. The molecule has 0 unspecified atom stereocenters. The summed E-state index contributed by atoms with van der Waals surface area (Å²) in [6.07, 6.45) is -0.474. The summed E-state index contributed by atoms with van der Waals surface area (Å²) < 4.78 is 0. The summed E-state index contributed by atoms with van der Waals surface area (Å²) in [6, 6.07) is 28.7. The fourth-order valence-electron chi connectivity index (χ4n) is 5.23. The molecule has 4 aromatic carbocycles. The molecule has 0 aliphatic rings.